The van der Waals surface area contributed by atoms with Crippen LogP contribution in [0.3, 0.4) is 0 Å². The first-order valence-corrected chi connectivity index (χ1v) is 11.0. The Morgan fingerprint density at radius 3 is 2.50 bits per heavy atom. The van der Waals surface area contributed by atoms with E-state index in [1.807, 2.05) is 57.2 Å². The summed E-state index contributed by atoms with van der Waals surface area (Å²) in [5.74, 6) is 0.513. The summed E-state index contributed by atoms with van der Waals surface area (Å²) in [4.78, 5) is 17.6. The van der Waals surface area contributed by atoms with Gasteiger partial charge in [0, 0.05) is 17.3 Å². The van der Waals surface area contributed by atoms with Crippen LogP contribution in [-0.4, -0.2) is 34.7 Å². The fourth-order valence-electron chi connectivity index (χ4n) is 3.84. The molecule has 0 saturated heterocycles. The SMILES string of the molecule is CCCc1c(Cl)n(C(C)(C)C)c(=O)n1Cc1ccc(-c2cccnc2-c2nnn[nH]2)cc1. The van der Waals surface area contributed by atoms with E-state index in [-0.39, 0.29) is 5.69 Å². The van der Waals surface area contributed by atoms with Gasteiger partial charge < -0.3 is 0 Å². The summed E-state index contributed by atoms with van der Waals surface area (Å²) in [6, 6.07) is 11.9. The number of tetrazole rings is 1. The maximum Gasteiger partial charge on any atom is 0.330 e. The number of halogens is 1. The molecule has 0 radical (unpaired) electrons. The second-order valence-electron chi connectivity index (χ2n) is 8.71. The van der Waals surface area contributed by atoms with E-state index in [0.29, 0.717) is 23.2 Å². The number of hydrogen-bond donors (Lipinski definition) is 1. The lowest BCUT2D eigenvalue weighted by atomic mass is 10.0. The van der Waals surface area contributed by atoms with E-state index < -0.39 is 5.54 Å². The van der Waals surface area contributed by atoms with Crippen LogP contribution in [0.5, 0.6) is 0 Å². The van der Waals surface area contributed by atoms with Gasteiger partial charge in [0.25, 0.3) is 0 Å². The minimum atomic E-state index is -0.391. The second kappa shape index (κ2) is 8.70. The van der Waals surface area contributed by atoms with Crippen LogP contribution in [0.25, 0.3) is 22.6 Å². The quantitative estimate of drug-likeness (QED) is 0.471. The van der Waals surface area contributed by atoms with E-state index in [0.717, 1.165) is 35.2 Å². The van der Waals surface area contributed by atoms with Gasteiger partial charge in [0.2, 0.25) is 0 Å². The first kappa shape index (κ1) is 22.0. The number of aromatic nitrogens is 7. The molecular formula is C23H26ClN7O. The van der Waals surface area contributed by atoms with E-state index in [4.69, 9.17) is 11.6 Å². The number of nitrogens with one attached hydrogen (secondary N) is 1. The molecule has 4 rings (SSSR count). The molecule has 3 aromatic heterocycles. The average Bonchev–Trinajstić information content (AvgIpc) is 3.37. The minimum Gasteiger partial charge on any atom is -0.290 e. The third-order valence-corrected chi connectivity index (χ3v) is 5.71. The molecule has 4 aromatic rings. The molecule has 0 atom stereocenters. The summed E-state index contributed by atoms with van der Waals surface area (Å²) < 4.78 is 3.48. The summed E-state index contributed by atoms with van der Waals surface area (Å²) >= 11 is 6.65. The van der Waals surface area contributed by atoms with E-state index in [1.165, 1.54) is 0 Å². The minimum absolute atomic E-state index is 0.0811. The highest BCUT2D eigenvalue weighted by Gasteiger charge is 2.25. The van der Waals surface area contributed by atoms with E-state index in [2.05, 4.69) is 32.5 Å². The fourth-order valence-corrected chi connectivity index (χ4v) is 4.36. The molecule has 0 saturated carbocycles. The molecule has 166 valence electrons. The lowest BCUT2D eigenvalue weighted by molar-refractivity contribution is 0.380. The number of H-pyrrole nitrogens is 1. The van der Waals surface area contributed by atoms with Crippen molar-refractivity contribution in [3.05, 3.63) is 69.5 Å². The summed E-state index contributed by atoms with van der Waals surface area (Å²) in [6.45, 7) is 8.52. The van der Waals surface area contributed by atoms with Crippen LogP contribution in [0.15, 0.2) is 47.4 Å². The van der Waals surface area contributed by atoms with Crippen molar-refractivity contribution >= 4 is 11.6 Å². The lowest BCUT2D eigenvalue weighted by Crippen LogP contribution is -2.35. The molecule has 0 aliphatic rings. The summed E-state index contributed by atoms with van der Waals surface area (Å²) in [6.07, 6.45) is 3.37. The largest absolute Gasteiger partial charge is 0.330 e. The highest BCUT2D eigenvalue weighted by molar-refractivity contribution is 6.30. The van der Waals surface area contributed by atoms with Crippen molar-refractivity contribution in [3.8, 4) is 22.6 Å². The number of nitrogens with zero attached hydrogens (tertiary/aromatic N) is 6. The highest BCUT2D eigenvalue weighted by atomic mass is 35.5. The smallest absolute Gasteiger partial charge is 0.290 e. The van der Waals surface area contributed by atoms with Crippen molar-refractivity contribution in [3.63, 3.8) is 0 Å². The van der Waals surface area contributed by atoms with Crippen molar-refractivity contribution < 1.29 is 0 Å². The van der Waals surface area contributed by atoms with Gasteiger partial charge in [0.15, 0.2) is 5.82 Å². The van der Waals surface area contributed by atoms with E-state index in [1.54, 1.807) is 15.3 Å². The number of pyridine rings is 1. The average molecular weight is 452 g/mol. The van der Waals surface area contributed by atoms with Gasteiger partial charge in [-0.05, 0) is 54.8 Å². The summed E-state index contributed by atoms with van der Waals surface area (Å²) in [5, 5.41) is 14.6. The predicted molar refractivity (Wildman–Crippen MR) is 125 cm³/mol. The van der Waals surface area contributed by atoms with Crippen LogP contribution in [0.4, 0.5) is 0 Å². The van der Waals surface area contributed by atoms with Gasteiger partial charge >= 0.3 is 5.69 Å². The molecule has 0 fully saturated rings. The van der Waals surface area contributed by atoms with E-state index >= 15 is 0 Å². The molecule has 0 aliphatic heterocycles. The summed E-state index contributed by atoms with van der Waals surface area (Å²) in [5.41, 5.74) is 4.01. The third kappa shape index (κ3) is 4.10. The molecule has 3 heterocycles. The van der Waals surface area contributed by atoms with Crippen LogP contribution in [0.1, 0.15) is 45.4 Å². The van der Waals surface area contributed by atoms with Crippen molar-refractivity contribution in [1.82, 2.24) is 34.7 Å². The van der Waals surface area contributed by atoms with Crippen LogP contribution in [-0.2, 0) is 18.5 Å². The Bertz CT molecular complexity index is 1270. The van der Waals surface area contributed by atoms with Gasteiger partial charge in [-0.25, -0.2) is 9.89 Å². The van der Waals surface area contributed by atoms with Gasteiger partial charge in [-0.2, -0.15) is 0 Å². The van der Waals surface area contributed by atoms with Crippen molar-refractivity contribution in [1.29, 1.82) is 0 Å². The molecule has 0 amide bonds. The molecule has 9 heteroatoms. The molecule has 0 bridgehead atoms. The zero-order valence-corrected chi connectivity index (χ0v) is 19.4. The zero-order chi connectivity index (χ0) is 22.9. The topological polar surface area (TPSA) is 94.3 Å². The van der Waals surface area contributed by atoms with Crippen LogP contribution < -0.4 is 5.69 Å². The highest BCUT2D eigenvalue weighted by Crippen LogP contribution is 2.29. The predicted octanol–water partition coefficient (Wildman–Crippen LogP) is 4.30. The van der Waals surface area contributed by atoms with Gasteiger partial charge in [0.1, 0.15) is 10.8 Å². The van der Waals surface area contributed by atoms with E-state index in [9.17, 15) is 4.79 Å². The van der Waals surface area contributed by atoms with Gasteiger partial charge in [-0.15, -0.1) is 5.10 Å². The first-order valence-electron chi connectivity index (χ1n) is 10.6. The number of aromatic amines is 1. The fraction of sp³-hybridized carbons (Fsp3) is 0.348. The second-order valence-corrected chi connectivity index (χ2v) is 9.07. The number of rotatable bonds is 6. The molecule has 0 unspecified atom stereocenters. The Hall–Kier alpha value is -3.26. The molecule has 0 aliphatic carbocycles. The Kier molecular flexibility index (Phi) is 5.97. The van der Waals surface area contributed by atoms with Gasteiger partial charge in [-0.3, -0.25) is 14.1 Å². The molecule has 0 spiro atoms. The first-order chi connectivity index (χ1) is 15.3. The zero-order valence-electron chi connectivity index (χ0n) is 18.6. The van der Waals surface area contributed by atoms with Crippen molar-refractivity contribution in [2.75, 3.05) is 0 Å². The molecule has 32 heavy (non-hydrogen) atoms. The molecule has 1 aromatic carbocycles. The van der Waals surface area contributed by atoms with Gasteiger partial charge in [0.05, 0.1) is 12.2 Å². The number of hydrogen-bond acceptors (Lipinski definition) is 5. The standard InChI is InChI=1S/C23H26ClN7O/c1-5-7-18-20(24)31(23(2,3)4)22(32)30(18)14-15-9-11-16(12-10-15)17-8-6-13-25-19(17)21-26-28-29-27-21/h6,8-13H,5,7,14H2,1-4H3,(H,26,27,28,29). The van der Waals surface area contributed by atoms with Crippen LogP contribution in [0, 0.1) is 0 Å². The Labute approximate surface area is 191 Å². The third-order valence-electron chi connectivity index (χ3n) is 5.32. The van der Waals surface area contributed by atoms with Gasteiger partial charge in [-0.1, -0.05) is 55.3 Å². The molecule has 1 N–H and O–H groups in total. The monoisotopic (exact) mass is 451 g/mol. The van der Waals surface area contributed by atoms with Crippen molar-refractivity contribution in [2.45, 2.75) is 52.6 Å². The Morgan fingerprint density at radius 2 is 1.88 bits per heavy atom. The van der Waals surface area contributed by atoms with Crippen LogP contribution in [0.2, 0.25) is 5.15 Å². The molecule has 8 nitrogen and oxygen atoms in total. The van der Waals surface area contributed by atoms with Crippen molar-refractivity contribution in [2.24, 2.45) is 0 Å². The maximum atomic E-state index is 13.2. The Balaban J connectivity index is 1.69. The number of benzene rings is 1. The maximum absolute atomic E-state index is 13.2. The Morgan fingerprint density at radius 1 is 1.12 bits per heavy atom. The van der Waals surface area contributed by atoms with Crippen LogP contribution >= 0.6 is 11.6 Å². The lowest BCUT2D eigenvalue weighted by Gasteiger charge is -2.20. The normalized spacial score (nSPS) is 11.8. The number of imidazole rings is 1. The summed E-state index contributed by atoms with van der Waals surface area (Å²) in [7, 11) is 0. The molecular weight excluding hydrogens is 426 g/mol.